The minimum Gasteiger partial charge on any atom is -0.478 e. The Balaban J connectivity index is 3.34. The maximum atomic E-state index is 12.1. The van der Waals surface area contributed by atoms with Crippen molar-refractivity contribution < 1.29 is 29.6 Å². The number of ether oxygens (including phenoxy) is 1. The van der Waals surface area contributed by atoms with E-state index in [1.54, 1.807) is 0 Å². The number of benzene rings is 1. The van der Waals surface area contributed by atoms with Crippen molar-refractivity contribution in [1.82, 2.24) is 0 Å². The van der Waals surface area contributed by atoms with E-state index in [2.05, 4.69) is 63.7 Å². The lowest BCUT2D eigenvalue weighted by molar-refractivity contribution is 0.00902. The van der Waals surface area contributed by atoms with Crippen molar-refractivity contribution >= 4 is 75.7 Å². The molecule has 1 atom stereocenters. The van der Waals surface area contributed by atoms with E-state index in [4.69, 9.17) is 9.84 Å². The first kappa shape index (κ1) is 19.0. The van der Waals surface area contributed by atoms with Gasteiger partial charge >= 0.3 is 11.9 Å². The number of hydrogen-bond acceptors (Lipinski definition) is 5. The van der Waals surface area contributed by atoms with Gasteiger partial charge in [-0.3, -0.25) is 0 Å². The van der Waals surface area contributed by atoms with Gasteiger partial charge in [-0.1, -0.05) is 0 Å². The molecule has 0 aliphatic carbocycles. The zero-order valence-corrected chi connectivity index (χ0v) is 16.4. The Morgan fingerprint density at radius 3 is 1.90 bits per heavy atom. The van der Waals surface area contributed by atoms with Gasteiger partial charge < -0.3 is 20.1 Å². The molecule has 0 saturated carbocycles. The first-order valence-electron chi connectivity index (χ1n) is 5.27. The molecule has 1 aromatic rings. The Hall–Kier alpha value is -0.000000000000000153. The van der Waals surface area contributed by atoms with Crippen LogP contribution in [0.5, 0.6) is 0 Å². The Morgan fingerprint density at radius 1 is 1.00 bits per heavy atom. The van der Waals surface area contributed by atoms with Gasteiger partial charge in [-0.05, 0) is 63.7 Å². The summed E-state index contributed by atoms with van der Waals surface area (Å²) in [4.78, 5) is 23.4. The summed E-state index contributed by atoms with van der Waals surface area (Å²) in [7, 11) is 0. The van der Waals surface area contributed by atoms with E-state index in [0.717, 1.165) is 0 Å². The van der Waals surface area contributed by atoms with Crippen LogP contribution in [-0.2, 0) is 4.74 Å². The van der Waals surface area contributed by atoms with Crippen molar-refractivity contribution in [3.63, 3.8) is 0 Å². The van der Waals surface area contributed by atoms with E-state index in [1.807, 2.05) is 0 Å². The second kappa shape index (κ2) is 8.02. The van der Waals surface area contributed by atoms with E-state index in [9.17, 15) is 19.8 Å². The highest BCUT2D eigenvalue weighted by molar-refractivity contribution is 9.15. The van der Waals surface area contributed by atoms with Crippen molar-refractivity contribution in [2.75, 3.05) is 13.2 Å². The highest BCUT2D eigenvalue weighted by Crippen LogP contribution is 2.42. The summed E-state index contributed by atoms with van der Waals surface area (Å²) < 4.78 is 6.00. The molecule has 1 unspecified atom stereocenters. The van der Waals surface area contributed by atoms with Crippen LogP contribution in [0.2, 0.25) is 0 Å². The summed E-state index contributed by atoms with van der Waals surface area (Å²) in [6.07, 6.45) is -1.23. The average Bonchev–Trinajstić information content (AvgIpc) is 2.45. The molecule has 0 fully saturated rings. The fraction of sp³-hybridized carbons (Fsp3) is 0.273. The molecule has 0 heterocycles. The molecular formula is C11H8Br4O6. The Bertz CT molecular complexity index is 589. The van der Waals surface area contributed by atoms with Crippen LogP contribution in [0, 0.1) is 0 Å². The second-order valence-corrected chi connectivity index (χ2v) is 6.92. The first-order valence-corrected chi connectivity index (χ1v) is 8.44. The summed E-state index contributed by atoms with van der Waals surface area (Å²) in [5, 5.41) is 27.1. The quantitative estimate of drug-likeness (QED) is 0.293. The number of esters is 1. The molecule has 0 spiro atoms. The SMILES string of the molecule is O=C(O)c1c(Br)c(Br)c(Br)c(Br)c1C(=O)OCC(O)CO. The highest BCUT2D eigenvalue weighted by atomic mass is 79.9. The number of rotatable bonds is 5. The number of hydrogen-bond donors (Lipinski definition) is 3. The fourth-order valence-electron chi connectivity index (χ4n) is 1.32. The van der Waals surface area contributed by atoms with Crippen molar-refractivity contribution in [1.29, 1.82) is 0 Å². The number of carboxylic acid groups (broad SMARTS) is 1. The van der Waals surface area contributed by atoms with Crippen molar-refractivity contribution in [3.8, 4) is 0 Å². The van der Waals surface area contributed by atoms with Crippen LogP contribution in [-0.4, -0.2) is 46.6 Å². The standard InChI is InChI=1S/C11H8Br4O6/c12-6-4(10(18)19)5(7(13)9(15)8(6)14)11(20)21-2-3(17)1-16/h3,16-17H,1-2H2,(H,18,19). The summed E-state index contributed by atoms with van der Waals surface area (Å²) in [5.74, 6) is -2.27. The summed E-state index contributed by atoms with van der Waals surface area (Å²) in [6.45, 7) is -1.03. The molecule has 1 aromatic carbocycles. The predicted molar refractivity (Wildman–Crippen MR) is 87.6 cm³/mol. The molecule has 3 N–H and O–H groups in total. The van der Waals surface area contributed by atoms with Gasteiger partial charge in [0.05, 0.1) is 17.7 Å². The minimum atomic E-state index is -1.33. The number of carbonyl (C=O) groups is 2. The zero-order valence-electron chi connectivity index (χ0n) is 10.1. The van der Waals surface area contributed by atoms with Crippen LogP contribution in [0.1, 0.15) is 20.7 Å². The highest BCUT2D eigenvalue weighted by Gasteiger charge is 2.29. The molecule has 6 nitrogen and oxygen atoms in total. The molecular weight excluding hydrogens is 548 g/mol. The maximum Gasteiger partial charge on any atom is 0.340 e. The molecule has 0 amide bonds. The lowest BCUT2D eigenvalue weighted by Gasteiger charge is -2.15. The normalized spacial score (nSPS) is 12.1. The number of aliphatic hydroxyl groups is 2. The molecule has 0 bridgehead atoms. The van der Waals surface area contributed by atoms with Crippen LogP contribution in [0.4, 0.5) is 0 Å². The zero-order chi connectivity index (χ0) is 16.3. The fourth-order valence-corrected chi connectivity index (χ4v) is 3.77. The summed E-state index contributed by atoms with van der Waals surface area (Å²) >= 11 is 12.6. The van der Waals surface area contributed by atoms with E-state index in [1.165, 1.54) is 0 Å². The smallest absolute Gasteiger partial charge is 0.340 e. The van der Waals surface area contributed by atoms with Crippen molar-refractivity contribution in [2.45, 2.75) is 6.10 Å². The number of aliphatic hydroxyl groups excluding tert-OH is 2. The summed E-state index contributed by atoms with van der Waals surface area (Å²) in [6, 6.07) is 0. The lowest BCUT2D eigenvalue weighted by atomic mass is 10.1. The van der Waals surface area contributed by atoms with E-state index < -0.39 is 31.3 Å². The van der Waals surface area contributed by atoms with E-state index in [-0.39, 0.29) is 20.1 Å². The topological polar surface area (TPSA) is 104 Å². The molecule has 0 aliphatic heterocycles. The molecule has 0 saturated heterocycles. The summed E-state index contributed by atoms with van der Waals surface area (Å²) in [5.41, 5.74) is -0.505. The average molecular weight is 556 g/mol. The lowest BCUT2D eigenvalue weighted by Crippen LogP contribution is -2.23. The Kier molecular flexibility index (Phi) is 7.28. The Morgan fingerprint density at radius 2 is 1.48 bits per heavy atom. The third-order valence-electron chi connectivity index (χ3n) is 2.30. The van der Waals surface area contributed by atoms with E-state index >= 15 is 0 Å². The molecule has 0 radical (unpaired) electrons. The number of aromatic carboxylic acids is 1. The van der Waals surface area contributed by atoms with E-state index in [0.29, 0.717) is 8.95 Å². The van der Waals surface area contributed by atoms with Gasteiger partial charge in [-0.25, -0.2) is 9.59 Å². The third kappa shape index (κ3) is 4.26. The predicted octanol–water partition coefficient (Wildman–Crippen LogP) is 2.94. The van der Waals surface area contributed by atoms with Gasteiger partial charge in [-0.2, -0.15) is 0 Å². The first-order chi connectivity index (χ1) is 9.72. The molecule has 0 aliphatic rings. The number of halogens is 4. The number of carbonyl (C=O) groups excluding carboxylic acids is 1. The van der Waals surface area contributed by atoms with Crippen LogP contribution < -0.4 is 0 Å². The molecule has 0 aromatic heterocycles. The molecule has 116 valence electrons. The number of carboxylic acids is 1. The van der Waals surface area contributed by atoms with Crippen LogP contribution in [0.25, 0.3) is 0 Å². The maximum absolute atomic E-state index is 12.1. The van der Waals surface area contributed by atoms with Crippen LogP contribution in [0.15, 0.2) is 17.9 Å². The van der Waals surface area contributed by atoms with Gasteiger partial charge in [0, 0.05) is 17.9 Å². The largest absolute Gasteiger partial charge is 0.478 e. The van der Waals surface area contributed by atoms with Crippen molar-refractivity contribution in [3.05, 3.63) is 29.0 Å². The molecule has 21 heavy (non-hydrogen) atoms. The van der Waals surface area contributed by atoms with Gasteiger partial charge in [-0.15, -0.1) is 0 Å². The third-order valence-corrected chi connectivity index (χ3v) is 7.07. The van der Waals surface area contributed by atoms with Crippen LogP contribution >= 0.6 is 63.7 Å². The Labute approximate surface area is 153 Å². The monoisotopic (exact) mass is 552 g/mol. The van der Waals surface area contributed by atoms with Gasteiger partial charge in [0.25, 0.3) is 0 Å². The van der Waals surface area contributed by atoms with Crippen molar-refractivity contribution in [2.24, 2.45) is 0 Å². The van der Waals surface area contributed by atoms with Gasteiger partial charge in [0.1, 0.15) is 12.7 Å². The second-order valence-electron chi connectivity index (χ2n) is 3.75. The van der Waals surface area contributed by atoms with Gasteiger partial charge in [0.2, 0.25) is 0 Å². The van der Waals surface area contributed by atoms with Crippen LogP contribution in [0.3, 0.4) is 0 Å². The molecule has 1 rings (SSSR count). The van der Waals surface area contributed by atoms with Gasteiger partial charge in [0.15, 0.2) is 0 Å². The minimum absolute atomic E-state index is 0.166. The molecule has 10 heteroatoms.